The normalized spacial score (nSPS) is 12.7. The number of hydrogen-bond acceptors (Lipinski definition) is 4. The Balaban J connectivity index is 0.00000392. The summed E-state index contributed by atoms with van der Waals surface area (Å²) in [6.45, 7) is 5.20. The zero-order valence-corrected chi connectivity index (χ0v) is 17.2. The van der Waals surface area contributed by atoms with Gasteiger partial charge in [0.15, 0.2) is 0 Å². The van der Waals surface area contributed by atoms with Crippen molar-refractivity contribution >= 4 is 30.0 Å². The van der Waals surface area contributed by atoms with Crippen LogP contribution in [0.3, 0.4) is 0 Å². The summed E-state index contributed by atoms with van der Waals surface area (Å²) < 4.78 is 3.14. The van der Waals surface area contributed by atoms with Gasteiger partial charge in [0.1, 0.15) is 11.7 Å². The van der Waals surface area contributed by atoms with Crippen LogP contribution < -0.4 is 16.2 Å². The number of aromatic nitrogens is 2. The molecule has 2 unspecified atom stereocenters. The summed E-state index contributed by atoms with van der Waals surface area (Å²) in [4.78, 5) is 36.6. The van der Waals surface area contributed by atoms with E-state index in [1.807, 2.05) is 25.1 Å². The van der Waals surface area contributed by atoms with Gasteiger partial charge >= 0.3 is 5.97 Å². The van der Waals surface area contributed by atoms with Gasteiger partial charge in [0.2, 0.25) is 5.91 Å². The Bertz CT molecular complexity index is 876. The second-order valence-corrected chi connectivity index (χ2v) is 6.49. The number of anilines is 1. The number of nitrogens with one attached hydrogen (secondary N) is 2. The molecule has 28 heavy (non-hydrogen) atoms. The van der Waals surface area contributed by atoms with E-state index >= 15 is 0 Å². The summed E-state index contributed by atoms with van der Waals surface area (Å²) in [6, 6.07) is 7.55. The minimum Gasteiger partial charge on any atom is -0.480 e. The maximum atomic E-state index is 12.8. The van der Waals surface area contributed by atoms with Crippen LogP contribution in [0.4, 0.5) is 5.69 Å². The van der Waals surface area contributed by atoms with E-state index in [1.165, 1.54) is 4.68 Å². The highest BCUT2D eigenvalue weighted by atomic mass is 35.5. The van der Waals surface area contributed by atoms with Crippen molar-refractivity contribution in [2.24, 2.45) is 7.05 Å². The first kappa shape index (κ1) is 23.5. The number of carboxylic acids is 1. The van der Waals surface area contributed by atoms with Crippen LogP contribution in [0.2, 0.25) is 0 Å². The van der Waals surface area contributed by atoms with Crippen molar-refractivity contribution in [3.8, 4) is 5.69 Å². The van der Waals surface area contributed by atoms with E-state index in [0.29, 0.717) is 24.2 Å². The molecule has 0 aliphatic carbocycles. The SMILES string of the molecule is CCCC(NC(C)C(=O)Nc1c(C)n(C)n(-c2ccccc2)c1=O)C(=O)O.Cl. The van der Waals surface area contributed by atoms with Gasteiger partial charge in [-0.15, -0.1) is 12.4 Å². The van der Waals surface area contributed by atoms with Gasteiger partial charge in [-0.25, -0.2) is 4.68 Å². The smallest absolute Gasteiger partial charge is 0.320 e. The quantitative estimate of drug-likeness (QED) is 0.617. The van der Waals surface area contributed by atoms with Crippen molar-refractivity contribution in [3.05, 3.63) is 46.4 Å². The second-order valence-electron chi connectivity index (χ2n) is 6.49. The van der Waals surface area contributed by atoms with Gasteiger partial charge < -0.3 is 10.4 Å². The Morgan fingerprint density at radius 1 is 1.21 bits per heavy atom. The fourth-order valence-corrected chi connectivity index (χ4v) is 2.89. The molecular formula is C19H27ClN4O4. The topological polar surface area (TPSA) is 105 Å². The van der Waals surface area contributed by atoms with Crippen molar-refractivity contribution < 1.29 is 14.7 Å². The van der Waals surface area contributed by atoms with Crippen LogP contribution in [0, 0.1) is 6.92 Å². The molecule has 0 spiro atoms. The van der Waals surface area contributed by atoms with Crippen LogP contribution in [-0.4, -0.2) is 38.4 Å². The lowest BCUT2D eigenvalue weighted by Gasteiger charge is -2.19. The zero-order valence-electron chi connectivity index (χ0n) is 16.4. The average molecular weight is 411 g/mol. The molecule has 2 rings (SSSR count). The molecule has 0 saturated carbocycles. The minimum absolute atomic E-state index is 0. The van der Waals surface area contributed by atoms with E-state index in [2.05, 4.69) is 10.6 Å². The number of amides is 1. The predicted octanol–water partition coefficient (Wildman–Crippen LogP) is 2.08. The molecule has 9 heteroatoms. The molecule has 1 aromatic carbocycles. The van der Waals surface area contributed by atoms with E-state index in [4.69, 9.17) is 0 Å². The van der Waals surface area contributed by atoms with Gasteiger partial charge in [-0.3, -0.25) is 24.4 Å². The molecular weight excluding hydrogens is 384 g/mol. The first-order valence-electron chi connectivity index (χ1n) is 8.91. The Hall–Kier alpha value is -2.58. The molecule has 0 bridgehead atoms. The van der Waals surface area contributed by atoms with Crippen LogP contribution in [-0.2, 0) is 16.6 Å². The first-order valence-corrected chi connectivity index (χ1v) is 8.91. The molecule has 2 atom stereocenters. The molecule has 0 saturated heterocycles. The maximum Gasteiger partial charge on any atom is 0.320 e. The monoisotopic (exact) mass is 410 g/mol. The summed E-state index contributed by atoms with van der Waals surface area (Å²) in [5.41, 5.74) is 1.13. The molecule has 2 aromatic rings. The number of hydrogen-bond donors (Lipinski definition) is 3. The van der Waals surface area contributed by atoms with Gasteiger partial charge in [-0.1, -0.05) is 31.5 Å². The summed E-state index contributed by atoms with van der Waals surface area (Å²) in [5.74, 6) is -1.46. The molecule has 1 amide bonds. The van der Waals surface area contributed by atoms with Crippen LogP contribution in [0.1, 0.15) is 32.4 Å². The van der Waals surface area contributed by atoms with E-state index in [-0.39, 0.29) is 23.7 Å². The summed E-state index contributed by atoms with van der Waals surface area (Å²) in [6.07, 6.45) is 1.09. The molecule has 154 valence electrons. The fourth-order valence-electron chi connectivity index (χ4n) is 2.89. The molecule has 3 N–H and O–H groups in total. The van der Waals surface area contributed by atoms with Gasteiger partial charge in [0.05, 0.1) is 17.4 Å². The number of aliphatic carboxylic acids is 1. The molecule has 8 nitrogen and oxygen atoms in total. The number of carboxylic acid groups (broad SMARTS) is 1. The third-order valence-corrected chi connectivity index (χ3v) is 4.52. The number of carbonyl (C=O) groups excluding carboxylic acids is 1. The highest BCUT2D eigenvalue weighted by Crippen LogP contribution is 2.14. The van der Waals surface area contributed by atoms with E-state index < -0.39 is 24.0 Å². The third kappa shape index (κ3) is 5.02. The first-order chi connectivity index (χ1) is 12.8. The Morgan fingerprint density at radius 3 is 2.36 bits per heavy atom. The molecule has 0 radical (unpaired) electrons. The molecule has 0 aliphatic heterocycles. The lowest BCUT2D eigenvalue weighted by Crippen LogP contribution is -2.47. The highest BCUT2D eigenvalue weighted by Gasteiger charge is 2.24. The average Bonchev–Trinajstić information content (AvgIpc) is 2.85. The zero-order chi connectivity index (χ0) is 20.1. The standard InChI is InChI=1S/C19H26N4O4.ClH/c1-5-9-15(19(26)27)20-12(2)17(24)21-16-13(3)22(4)23(18(16)25)14-10-7-6-8-11-14;/h6-8,10-12,15,20H,5,9H2,1-4H3,(H,21,24)(H,26,27);1H. The van der Waals surface area contributed by atoms with Crippen molar-refractivity contribution in [2.45, 2.75) is 45.7 Å². The number of rotatable bonds is 8. The summed E-state index contributed by atoms with van der Waals surface area (Å²) >= 11 is 0. The van der Waals surface area contributed by atoms with Gasteiger partial charge in [-0.2, -0.15) is 0 Å². The molecule has 1 aromatic heterocycles. The van der Waals surface area contributed by atoms with Crippen LogP contribution in [0.5, 0.6) is 0 Å². The summed E-state index contributed by atoms with van der Waals surface area (Å²) in [7, 11) is 1.74. The lowest BCUT2D eigenvalue weighted by atomic mass is 10.1. The van der Waals surface area contributed by atoms with Crippen molar-refractivity contribution in [1.29, 1.82) is 0 Å². The van der Waals surface area contributed by atoms with Crippen molar-refractivity contribution in [2.75, 3.05) is 5.32 Å². The van der Waals surface area contributed by atoms with Crippen molar-refractivity contribution in [1.82, 2.24) is 14.7 Å². The second kappa shape index (κ2) is 10.1. The minimum atomic E-state index is -1.00. The molecule has 0 fully saturated rings. The molecule has 0 aliphatic rings. The van der Waals surface area contributed by atoms with E-state index in [0.717, 1.165) is 0 Å². The van der Waals surface area contributed by atoms with Gasteiger partial charge in [0, 0.05) is 7.05 Å². The Morgan fingerprint density at radius 2 is 1.82 bits per heavy atom. The number of carbonyl (C=O) groups is 2. The van der Waals surface area contributed by atoms with E-state index in [9.17, 15) is 19.5 Å². The fraction of sp³-hybridized carbons (Fsp3) is 0.421. The number of benzene rings is 1. The summed E-state index contributed by atoms with van der Waals surface area (Å²) in [5, 5.41) is 14.7. The Labute approximate surface area is 169 Å². The largest absolute Gasteiger partial charge is 0.480 e. The van der Waals surface area contributed by atoms with Crippen LogP contribution in [0.15, 0.2) is 35.1 Å². The van der Waals surface area contributed by atoms with E-state index in [1.54, 1.807) is 37.7 Å². The van der Waals surface area contributed by atoms with Crippen LogP contribution >= 0.6 is 12.4 Å². The van der Waals surface area contributed by atoms with Gasteiger partial charge in [0.25, 0.3) is 5.56 Å². The lowest BCUT2D eigenvalue weighted by molar-refractivity contribution is -0.140. The maximum absolute atomic E-state index is 12.8. The molecule has 1 heterocycles. The predicted molar refractivity (Wildman–Crippen MR) is 111 cm³/mol. The number of halogens is 1. The number of para-hydroxylation sites is 1. The van der Waals surface area contributed by atoms with Gasteiger partial charge in [-0.05, 0) is 32.4 Å². The number of nitrogens with zero attached hydrogens (tertiary/aromatic N) is 2. The highest BCUT2D eigenvalue weighted by molar-refractivity contribution is 5.95. The third-order valence-electron chi connectivity index (χ3n) is 4.52. The van der Waals surface area contributed by atoms with Crippen molar-refractivity contribution in [3.63, 3.8) is 0 Å². The Kier molecular flexibility index (Phi) is 8.46. The van der Waals surface area contributed by atoms with Crippen LogP contribution in [0.25, 0.3) is 5.69 Å².